The monoisotopic (exact) mass is 181 g/mol. The molecule has 76 valence electrons. The maximum atomic E-state index is 3.57. The Morgan fingerprint density at radius 3 is 2.15 bits per heavy atom. The molecule has 0 aromatic carbocycles. The molecule has 0 aromatic rings. The van der Waals surface area contributed by atoms with Gasteiger partial charge < -0.3 is 5.32 Å². The predicted molar refractivity (Wildman–Crippen MR) is 56.7 cm³/mol. The largest absolute Gasteiger partial charge is 0.316 e. The summed E-state index contributed by atoms with van der Waals surface area (Å²) < 4.78 is 0. The van der Waals surface area contributed by atoms with Gasteiger partial charge in [-0.05, 0) is 30.2 Å². The second-order valence-corrected chi connectivity index (χ2v) is 5.25. The SMILES string of the molecule is CC1CCCCC(C)C12CCNC2. The molecule has 2 fully saturated rings. The zero-order valence-electron chi connectivity index (χ0n) is 9.10. The van der Waals surface area contributed by atoms with Gasteiger partial charge in [-0.25, -0.2) is 0 Å². The minimum atomic E-state index is 0.663. The van der Waals surface area contributed by atoms with Crippen LogP contribution in [0.25, 0.3) is 0 Å². The highest BCUT2D eigenvalue weighted by molar-refractivity contribution is 4.96. The van der Waals surface area contributed by atoms with Crippen molar-refractivity contribution in [3.05, 3.63) is 0 Å². The molecule has 1 aliphatic carbocycles. The Morgan fingerprint density at radius 1 is 1.08 bits per heavy atom. The van der Waals surface area contributed by atoms with E-state index in [9.17, 15) is 0 Å². The summed E-state index contributed by atoms with van der Waals surface area (Å²) in [6.45, 7) is 7.51. The summed E-state index contributed by atoms with van der Waals surface area (Å²) in [7, 11) is 0. The molecule has 1 nitrogen and oxygen atoms in total. The molecule has 1 spiro atoms. The molecule has 0 aromatic heterocycles. The normalized spacial score (nSPS) is 46.6. The minimum Gasteiger partial charge on any atom is -0.316 e. The van der Waals surface area contributed by atoms with Crippen LogP contribution < -0.4 is 5.32 Å². The molecule has 2 atom stereocenters. The molecule has 2 rings (SSSR count). The summed E-state index contributed by atoms with van der Waals surface area (Å²) in [5, 5.41) is 3.57. The Morgan fingerprint density at radius 2 is 1.69 bits per heavy atom. The summed E-state index contributed by atoms with van der Waals surface area (Å²) in [6, 6.07) is 0. The zero-order chi connectivity index (χ0) is 9.31. The third-order valence-corrected chi connectivity index (χ3v) is 4.71. The minimum absolute atomic E-state index is 0.663. The number of rotatable bonds is 0. The molecule has 1 N–H and O–H groups in total. The second kappa shape index (κ2) is 3.61. The van der Waals surface area contributed by atoms with Crippen molar-refractivity contribution in [2.24, 2.45) is 17.3 Å². The van der Waals surface area contributed by atoms with Crippen molar-refractivity contribution in [1.29, 1.82) is 0 Å². The lowest BCUT2D eigenvalue weighted by molar-refractivity contribution is 0.118. The van der Waals surface area contributed by atoms with E-state index in [1.807, 2.05) is 0 Å². The highest BCUT2D eigenvalue weighted by Gasteiger charge is 2.43. The number of hydrogen-bond acceptors (Lipinski definition) is 1. The highest BCUT2D eigenvalue weighted by Crippen LogP contribution is 2.47. The molecule has 1 aliphatic heterocycles. The van der Waals surface area contributed by atoms with Gasteiger partial charge in [0.2, 0.25) is 0 Å². The van der Waals surface area contributed by atoms with E-state index in [0.29, 0.717) is 5.41 Å². The van der Waals surface area contributed by atoms with Gasteiger partial charge in [0.25, 0.3) is 0 Å². The van der Waals surface area contributed by atoms with Gasteiger partial charge in [0.05, 0.1) is 0 Å². The molecule has 1 heterocycles. The molecule has 0 radical (unpaired) electrons. The van der Waals surface area contributed by atoms with E-state index in [1.165, 1.54) is 45.2 Å². The first kappa shape index (κ1) is 9.51. The first-order valence-corrected chi connectivity index (χ1v) is 5.96. The fourth-order valence-corrected chi connectivity index (χ4v) is 3.53. The van der Waals surface area contributed by atoms with Gasteiger partial charge in [-0.2, -0.15) is 0 Å². The quantitative estimate of drug-likeness (QED) is 0.606. The lowest BCUT2D eigenvalue weighted by Crippen LogP contribution is -2.36. The van der Waals surface area contributed by atoms with Crippen LogP contribution in [-0.4, -0.2) is 13.1 Å². The zero-order valence-corrected chi connectivity index (χ0v) is 9.10. The topological polar surface area (TPSA) is 12.0 Å². The van der Waals surface area contributed by atoms with Crippen molar-refractivity contribution in [2.45, 2.75) is 46.0 Å². The van der Waals surface area contributed by atoms with Crippen molar-refractivity contribution in [3.8, 4) is 0 Å². The van der Waals surface area contributed by atoms with Gasteiger partial charge in [-0.3, -0.25) is 0 Å². The third kappa shape index (κ3) is 1.52. The van der Waals surface area contributed by atoms with Crippen molar-refractivity contribution >= 4 is 0 Å². The lowest BCUT2D eigenvalue weighted by atomic mass is 9.66. The van der Waals surface area contributed by atoms with E-state index < -0.39 is 0 Å². The van der Waals surface area contributed by atoms with E-state index in [2.05, 4.69) is 19.2 Å². The summed E-state index contributed by atoms with van der Waals surface area (Å²) in [5.41, 5.74) is 0.663. The summed E-state index contributed by atoms with van der Waals surface area (Å²) in [6.07, 6.45) is 7.29. The Balaban J connectivity index is 2.17. The highest BCUT2D eigenvalue weighted by atomic mass is 14.9. The van der Waals surface area contributed by atoms with Crippen molar-refractivity contribution < 1.29 is 0 Å². The van der Waals surface area contributed by atoms with Crippen LogP contribution in [0.3, 0.4) is 0 Å². The molecular formula is C12H23N. The molecule has 0 bridgehead atoms. The fraction of sp³-hybridized carbons (Fsp3) is 1.00. The van der Waals surface area contributed by atoms with Crippen LogP contribution >= 0.6 is 0 Å². The maximum Gasteiger partial charge on any atom is 0.00134 e. The molecule has 1 saturated heterocycles. The van der Waals surface area contributed by atoms with E-state index >= 15 is 0 Å². The average Bonchev–Trinajstić information content (AvgIpc) is 2.56. The molecule has 2 unspecified atom stereocenters. The fourth-order valence-electron chi connectivity index (χ4n) is 3.53. The number of nitrogens with one attached hydrogen (secondary N) is 1. The Kier molecular flexibility index (Phi) is 2.64. The van der Waals surface area contributed by atoms with Crippen LogP contribution in [0, 0.1) is 17.3 Å². The van der Waals surface area contributed by atoms with Crippen LogP contribution in [-0.2, 0) is 0 Å². The Hall–Kier alpha value is -0.0400. The summed E-state index contributed by atoms with van der Waals surface area (Å²) >= 11 is 0. The van der Waals surface area contributed by atoms with Crippen molar-refractivity contribution in [3.63, 3.8) is 0 Å². The summed E-state index contributed by atoms with van der Waals surface area (Å²) in [5.74, 6) is 1.89. The standard InChI is InChI=1S/C12H23N/c1-10-5-3-4-6-11(2)12(10)7-8-13-9-12/h10-11,13H,3-9H2,1-2H3. The molecule has 1 saturated carbocycles. The van der Waals surface area contributed by atoms with Gasteiger partial charge in [0.1, 0.15) is 0 Å². The maximum absolute atomic E-state index is 3.57. The van der Waals surface area contributed by atoms with Crippen LogP contribution in [0.4, 0.5) is 0 Å². The van der Waals surface area contributed by atoms with Crippen LogP contribution in [0.1, 0.15) is 46.0 Å². The first-order valence-electron chi connectivity index (χ1n) is 5.96. The Bertz CT molecular complexity index is 156. The molecule has 13 heavy (non-hydrogen) atoms. The van der Waals surface area contributed by atoms with E-state index in [1.54, 1.807) is 0 Å². The van der Waals surface area contributed by atoms with Crippen molar-refractivity contribution in [1.82, 2.24) is 5.32 Å². The number of hydrogen-bond donors (Lipinski definition) is 1. The smallest absolute Gasteiger partial charge is 0.00134 e. The van der Waals surface area contributed by atoms with Gasteiger partial charge in [-0.15, -0.1) is 0 Å². The van der Waals surface area contributed by atoms with E-state index in [-0.39, 0.29) is 0 Å². The second-order valence-electron chi connectivity index (χ2n) is 5.25. The Labute approximate surface area is 82.3 Å². The molecule has 1 heteroatoms. The van der Waals surface area contributed by atoms with Gasteiger partial charge in [0, 0.05) is 6.54 Å². The van der Waals surface area contributed by atoms with Gasteiger partial charge in [-0.1, -0.05) is 39.5 Å². The van der Waals surface area contributed by atoms with Crippen LogP contribution in [0.15, 0.2) is 0 Å². The predicted octanol–water partition coefficient (Wildman–Crippen LogP) is 2.81. The van der Waals surface area contributed by atoms with Crippen LogP contribution in [0.2, 0.25) is 0 Å². The van der Waals surface area contributed by atoms with Crippen molar-refractivity contribution in [2.75, 3.05) is 13.1 Å². The first-order chi connectivity index (χ1) is 6.26. The summed E-state index contributed by atoms with van der Waals surface area (Å²) in [4.78, 5) is 0. The third-order valence-electron chi connectivity index (χ3n) is 4.71. The molecule has 0 amide bonds. The van der Waals surface area contributed by atoms with E-state index in [0.717, 1.165) is 11.8 Å². The lowest BCUT2D eigenvalue weighted by Gasteiger charge is -2.38. The van der Waals surface area contributed by atoms with E-state index in [4.69, 9.17) is 0 Å². The van der Waals surface area contributed by atoms with Gasteiger partial charge in [0.15, 0.2) is 0 Å². The molecule has 2 aliphatic rings. The molecular weight excluding hydrogens is 158 g/mol. The van der Waals surface area contributed by atoms with Crippen LogP contribution in [0.5, 0.6) is 0 Å². The average molecular weight is 181 g/mol. The van der Waals surface area contributed by atoms with Gasteiger partial charge >= 0.3 is 0 Å².